The van der Waals surface area contributed by atoms with Crippen LogP contribution >= 0.6 is 23.1 Å². The molecule has 0 radical (unpaired) electrons. The third kappa shape index (κ3) is 3.69. The van der Waals surface area contributed by atoms with Gasteiger partial charge in [-0.25, -0.2) is 0 Å². The Bertz CT molecular complexity index is 1110. The van der Waals surface area contributed by atoms with Crippen molar-refractivity contribution in [1.29, 1.82) is 0 Å². The largest absolute Gasteiger partial charge is 0.486 e. The molecule has 2 aromatic carbocycles. The van der Waals surface area contributed by atoms with Crippen molar-refractivity contribution in [3.8, 4) is 11.5 Å². The van der Waals surface area contributed by atoms with Crippen LogP contribution in [0.15, 0.2) is 35.3 Å². The van der Waals surface area contributed by atoms with E-state index in [9.17, 15) is 4.79 Å². The molecule has 1 aliphatic heterocycles. The molecule has 146 valence electrons. The molecule has 0 unspecified atom stereocenters. The van der Waals surface area contributed by atoms with Crippen molar-refractivity contribution in [2.24, 2.45) is 4.99 Å². The second kappa shape index (κ2) is 8.01. The molecular weight excluding hydrogens is 392 g/mol. The van der Waals surface area contributed by atoms with Crippen LogP contribution in [0.25, 0.3) is 10.2 Å². The highest BCUT2D eigenvalue weighted by atomic mass is 32.2. The lowest BCUT2D eigenvalue weighted by Gasteiger charge is -2.18. The van der Waals surface area contributed by atoms with Crippen molar-refractivity contribution >= 4 is 39.2 Å². The van der Waals surface area contributed by atoms with Gasteiger partial charge in [-0.2, -0.15) is 16.8 Å². The first-order chi connectivity index (χ1) is 13.6. The number of nitrogens with zero attached hydrogens (tertiary/aromatic N) is 2. The minimum Gasteiger partial charge on any atom is -0.486 e. The zero-order valence-electron chi connectivity index (χ0n) is 16.2. The monoisotopic (exact) mass is 414 g/mol. The quantitative estimate of drug-likeness (QED) is 0.642. The molecular formula is C21H22N2O3S2. The number of ether oxygens (including phenoxy) is 2. The minimum absolute atomic E-state index is 0.209. The van der Waals surface area contributed by atoms with Gasteiger partial charge in [0.05, 0.1) is 10.2 Å². The summed E-state index contributed by atoms with van der Waals surface area (Å²) >= 11 is 3.28. The predicted octanol–water partition coefficient (Wildman–Crippen LogP) is 4.19. The number of fused-ring (bicyclic) bond motifs is 2. The van der Waals surface area contributed by atoms with Crippen LogP contribution in [-0.2, 0) is 6.54 Å². The van der Waals surface area contributed by atoms with E-state index in [2.05, 4.69) is 15.8 Å². The van der Waals surface area contributed by atoms with E-state index in [4.69, 9.17) is 9.47 Å². The van der Waals surface area contributed by atoms with Crippen molar-refractivity contribution in [2.75, 3.05) is 25.2 Å². The Morgan fingerprint density at radius 3 is 2.64 bits per heavy atom. The SMILES string of the molecule is CSCCn1c(=NC(=O)c2ccc(C)cc2C)sc2cc3c(cc21)OCCO3. The van der Waals surface area contributed by atoms with Gasteiger partial charge in [-0.1, -0.05) is 29.0 Å². The molecule has 3 aromatic rings. The molecule has 1 aliphatic rings. The van der Waals surface area contributed by atoms with Crippen molar-refractivity contribution in [1.82, 2.24) is 4.57 Å². The molecule has 0 saturated carbocycles. The van der Waals surface area contributed by atoms with Crippen LogP contribution in [0.2, 0.25) is 0 Å². The molecule has 0 aliphatic carbocycles. The van der Waals surface area contributed by atoms with E-state index < -0.39 is 0 Å². The summed E-state index contributed by atoms with van der Waals surface area (Å²) in [7, 11) is 0. The van der Waals surface area contributed by atoms with Gasteiger partial charge in [0.2, 0.25) is 0 Å². The molecule has 0 bridgehead atoms. The fourth-order valence-corrected chi connectivity index (χ4v) is 4.72. The van der Waals surface area contributed by atoms with Crippen LogP contribution in [-0.4, -0.2) is 35.7 Å². The van der Waals surface area contributed by atoms with E-state index in [1.807, 2.05) is 44.2 Å². The van der Waals surface area contributed by atoms with Crippen LogP contribution in [0.5, 0.6) is 11.5 Å². The Morgan fingerprint density at radius 2 is 1.93 bits per heavy atom. The highest BCUT2D eigenvalue weighted by Gasteiger charge is 2.17. The molecule has 0 atom stereocenters. The standard InChI is InChI=1S/C21H22N2O3S2/c1-13-4-5-15(14(2)10-13)20(24)22-21-23(6-9-27-3)16-11-17-18(12-19(16)28-21)26-8-7-25-17/h4-5,10-12H,6-9H2,1-3H3. The fraction of sp³-hybridized carbons (Fsp3) is 0.333. The topological polar surface area (TPSA) is 52.8 Å². The van der Waals surface area contributed by atoms with E-state index in [0.717, 1.165) is 45.1 Å². The summed E-state index contributed by atoms with van der Waals surface area (Å²) in [5, 5.41) is 0. The molecule has 2 heterocycles. The first-order valence-electron chi connectivity index (χ1n) is 9.15. The van der Waals surface area contributed by atoms with E-state index in [0.29, 0.717) is 23.6 Å². The van der Waals surface area contributed by atoms with Crippen molar-refractivity contribution in [2.45, 2.75) is 20.4 Å². The number of thioether (sulfide) groups is 1. The zero-order chi connectivity index (χ0) is 19.7. The maximum atomic E-state index is 12.9. The number of carbonyl (C=O) groups is 1. The number of hydrogen-bond donors (Lipinski definition) is 0. The van der Waals surface area contributed by atoms with Gasteiger partial charge < -0.3 is 14.0 Å². The Labute approximate surface area is 172 Å². The number of thiazole rings is 1. The molecule has 4 rings (SSSR count). The Balaban J connectivity index is 1.84. The van der Waals surface area contributed by atoms with Gasteiger partial charge in [0.1, 0.15) is 13.2 Å². The normalized spacial score (nSPS) is 13.9. The first-order valence-corrected chi connectivity index (χ1v) is 11.4. The maximum absolute atomic E-state index is 12.9. The Kier molecular flexibility index (Phi) is 5.46. The van der Waals surface area contributed by atoms with Gasteiger partial charge in [-0.3, -0.25) is 4.79 Å². The molecule has 0 fully saturated rings. The zero-order valence-corrected chi connectivity index (χ0v) is 17.8. The second-order valence-corrected chi connectivity index (χ2v) is 8.72. The number of rotatable bonds is 4. The number of aromatic nitrogens is 1. The maximum Gasteiger partial charge on any atom is 0.279 e. The highest BCUT2D eigenvalue weighted by Crippen LogP contribution is 2.35. The number of aryl methyl sites for hydroxylation is 3. The lowest BCUT2D eigenvalue weighted by atomic mass is 10.1. The lowest BCUT2D eigenvalue weighted by molar-refractivity contribution is 0.0997. The van der Waals surface area contributed by atoms with Gasteiger partial charge in [0.15, 0.2) is 16.3 Å². The minimum atomic E-state index is -0.209. The molecule has 0 spiro atoms. The number of amides is 1. The summed E-state index contributed by atoms with van der Waals surface area (Å²) in [5.41, 5.74) is 3.75. The third-order valence-corrected chi connectivity index (χ3v) is 6.31. The molecule has 1 amide bonds. The van der Waals surface area contributed by atoms with E-state index in [1.165, 1.54) is 11.3 Å². The predicted molar refractivity (Wildman–Crippen MR) is 115 cm³/mol. The summed E-state index contributed by atoms with van der Waals surface area (Å²) < 4.78 is 14.6. The molecule has 28 heavy (non-hydrogen) atoms. The number of hydrogen-bond acceptors (Lipinski definition) is 5. The summed E-state index contributed by atoms with van der Waals surface area (Å²) in [6.07, 6.45) is 2.07. The average molecular weight is 415 g/mol. The number of benzene rings is 2. The van der Waals surface area contributed by atoms with Crippen LogP contribution in [0.3, 0.4) is 0 Å². The van der Waals surface area contributed by atoms with Gasteiger partial charge in [0, 0.05) is 30.0 Å². The molecule has 7 heteroatoms. The van der Waals surface area contributed by atoms with E-state index in [1.54, 1.807) is 11.8 Å². The van der Waals surface area contributed by atoms with Crippen LogP contribution in [0.1, 0.15) is 21.5 Å². The van der Waals surface area contributed by atoms with Crippen molar-refractivity contribution in [3.63, 3.8) is 0 Å². The van der Waals surface area contributed by atoms with E-state index in [-0.39, 0.29) is 5.91 Å². The molecule has 5 nitrogen and oxygen atoms in total. The third-order valence-electron chi connectivity index (χ3n) is 4.68. The van der Waals surface area contributed by atoms with Gasteiger partial charge in [-0.15, -0.1) is 0 Å². The second-order valence-electron chi connectivity index (χ2n) is 6.73. The Hall–Kier alpha value is -2.25. The average Bonchev–Trinajstić information content (AvgIpc) is 3.00. The van der Waals surface area contributed by atoms with Crippen LogP contribution in [0.4, 0.5) is 0 Å². The van der Waals surface area contributed by atoms with Crippen molar-refractivity contribution in [3.05, 3.63) is 51.8 Å². The highest BCUT2D eigenvalue weighted by molar-refractivity contribution is 7.98. The first kappa shape index (κ1) is 19.1. The van der Waals surface area contributed by atoms with Crippen LogP contribution < -0.4 is 14.3 Å². The van der Waals surface area contributed by atoms with Gasteiger partial charge in [-0.05, 0) is 31.7 Å². The molecule has 0 saturated heterocycles. The van der Waals surface area contributed by atoms with Crippen LogP contribution in [0, 0.1) is 13.8 Å². The van der Waals surface area contributed by atoms with Gasteiger partial charge in [0.25, 0.3) is 5.91 Å². The summed E-state index contributed by atoms with van der Waals surface area (Å²) in [6, 6.07) is 9.81. The fourth-order valence-electron chi connectivity index (χ4n) is 3.29. The summed E-state index contributed by atoms with van der Waals surface area (Å²) in [5.74, 6) is 2.23. The van der Waals surface area contributed by atoms with Gasteiger partial charge >= 0.3 is 0 Å². The summed E-state index contributed by atoms with van der Waals surface area (Å²) in [4.78, 5) is 18.1. The Morgan fingerprint density at radius 1 is 1.18 bits per heavy atom. The van der Waals surface area contributed by atoms with Crippen molar-refractivity contribution < 1.29 is 14.3 Å². The molecule has 0 N–H and O–H groups in total. The lowest BCUT2D eigenvalue weighted by Crippen LogP contribution is -2.19. The number of carbonyl (C=O) groups excluding carboxylic acids is 1. The van der Waals surface area contributed by atoms with E-state index >= 15 is 0 Å². The molecule has 1 aromatic heterocycles. The summed E-state index contributed by atoms with van der Waals surface area (Å²) in [6.45, 7) is 5.85. The smallest absolute Gasteiger partial charge is 0.279 e.